The molecule has 1 unspecified atom stereocenters. The molecule has 0 aliphatic carbocycles. The highest BCUT2D eigenvalue weighted by atomic mass is 32.3. The first-order valence-electron chi connectivity index (χ1n) is 5.03. The van der Waals surface area contributed by atoms with Gasteiger partial charge in [-0.2, -0.15) is 8.42 Å². The summed E-state index contributed by atoms with van der Waals surface area (Å²) in [7, 11) is -4.53. The highest BCUT2D eigenvalue weighted by molar-refractivity contribution is 7.86. The maximum Gasteiger partial charge on any atom is 0.302 e. The Balaban J connectivity index is 1.96. The van der Waals surface area contributed by atoms with Crippen molar-refractivity contribution in [1.29, 1.82) is 0 Å². The predicted molar refractivity (Wildman–Crippen MR) is 54.9 cm³/mol. The summed E-state index contributed by atoms with van der Waals surface area (Å²) in [6.07, 6.45) is 1.44. The van der Waals surface area contributed by atoms with Crippen molar-refractivity contribution in [3.63, 3.8) is 0 Å². The molecule has 6 nitrogen and oxygen atoms in total. The Bertz CT molecular complexity index is 499. The van der Waals surface area contributed by atoms with Crippen molar-refractivity contribution < 1.29 is 21.6 Å². The van der Waals surface area contributed by atoms with Gasteiger partial charge in [0, 0.05) is 24.9 Å². The largest absolute Gasteiger partial charge is 0.364 e. The maximum atomic E-state index is 12.5. The molecule has 0 radical (unpaired) electrons. The summed E-state index contributed by atoms with van der Waals surface area (Å²) in [6, 6.07) is 1.62. The standard InChI is InChI=1S/C9H11FN2O4S/c10-17(14,15)6-7-3-9(13)12(4-7)5-8-1-2-16-11-8/h1-2,7H,3-6H2. The molecular weight excluding hydrogens is 251 g/mol. The molecule has 1 aromatic rings. The summed E-state index contributed by atoms with van der Waals surface area (Å²) in [5.41, 5.74) is 0.585. The van der Waals surface area contributed by atoms with E-state index < -0.39 is 21.9 Å². The Labute approximate surface area is 97.6 Å². The predicted octanol–water partition coefficient (Wildman–Crippen LogP) is 0.322. The van der Waals surface area contributed by atoms with Gasteiger partial charge in [0.1, 0.15) is 12.0 Å². The molecule has 94 valence electrons. The van der Waals surface area contributed by atoms with E-state index in [1.807, 2.05) is 0 Å². The normalized spacial score (nSPS) is 21.1. The van der Waals surface area contributed by atoms with Gasteiger partial charge in [0.05, 0.1) is 12.3 Å². The molecule has 0 saturated carbocycles. The van der Waals surface area contributed by atoms with Crippen LogP contribution in [0.5, 0.6) is 0 Å². The van der Waals surface area contributed by atoms with E-state index in [4.69, 9.17) is 0 Å². The van der Waals surface area contributed by atoms with E-state index in [-0.39, 0.29) is 25.4 Å². The van der Waals surface area contributed by atoms with Crippen molar-refractivity contribution >= 4 is 16.1 Å². The molecule has 8 heteroatoms. The molecule has 0 N–H and O–H groups in total. The van der Waals surface area contributed by atoms with Crippen LogP contribution in [0.2, 0.25) is 0 Å². The molecule has 1 aromatic heterocycles. The molecule has 17 heavy (non-hydrogen) atoms. The van der Waals surface area contributed by atoms with Crippen LogP contribution in [0, 0.1) is 5.92 Å². The second kappa shape index (κ2) is 4.44. The minimum absolute atomic E-state index is 0.0565. The van der Waals surface area contributed by atoms with Crippen LogP contribution in [0.1, 0.15) is 12.1 Å². The Hall–Kier alpha value is -1.44. The Morgan fingerprint density at radius 2 is 2.35 bits per heavy atom. The van der Waals surface area contributed by atoms with Crippen molar-refractivity contribution in [3.05, 3.63) is 18.0 Å². The highest BCUT2D eigenvalue weighted by Gasteiger charge is 2.33. The van der Waals surface area contributed by atoms with E-state index in [2.05, 4.69) is 9.68 Å². The van der Waals surface area contributed by atoms with E-state index in [0.29, 0.717) is 5.69 Å². The van der Waals surface area contributed by atoms with Gasteiger partial charge in [0.2, 0.25) is 5.91 Å². The molecule has 0 aromatic carbocycles. The number of hydrogen-bond acceptors (Lipinski definition) is 5. The van der Waals surface area contributed by atoms with E-state index in [1.165, 1.54) is 11.2 Å². The van der Waals surface area contributed by atoms with Gasteiger partial charge in [0.15, 0.2) is 0 Å². The number of likely N-dealkylation sites (tertiary alicyclic amines) is 1. The van der Waals surface area contributed by atoms with Crippen LogP contribution in [0.3, 0.4) is 0 Å². The van der Waals surface area contributed by atoms with Gasteiger partial charge >= 0.3 is 10.2 Å². The molecule has 2 heterocycles. The van der Waals surface area contributed by atoms with Crippen LogP contribution in [0.25, 0.3) is 0 Å². The second-order valence-electron chi connectivity index (χ2n) is 4.04. The average molecular weight is 262 g/mol. The van der Waals surface area contributed by atoms with E-state index in [9.17, 15) is 17.1 Å². The number of aromatic nitrogens is 1. The fraction of sp³-hybridized carbons (Fsp3) is 0.556. The minimum atomic E-state index is -4.53. The first-order chi connectivity index (χ1) is 7.94. The van der Waals surface area contributed by atoms with Gasteiger partial charge in [-0.15, -0.1) is 3.89 Å². The fourth-order valence-electron chi connectivity index (χ4n) is 1.91. The Kier molecular flexibility index (Phi) is 3.14. The summed E-state index contributed by atoms with van der Waals surface area (Å²) in [6.45, 7) is 0.493. The molecule has 0 bridgehead atoms. The van der Waals surface area contributed by atoms with Crippen LogP contribution >= 0.6 is 0 Å². The lowest BCUT2D eigenvalue weighted by Gasteiger charge is -2.13. The number of carbonyl (C=O) groups excluding carboxylic acids is 1. The average Bonchev–Trinajstić information content (AvgIpc) is 2.75. The van der Waals surface area contributed by atoms with Crippen LogP contribution < -0.4 is 0 Å². The first kappa shape index (κ1) is 12.0. The monoisotopic (exact) mass is 262 g/mol. The first-order valence-corrected chi connectivity index (χ1v) is 6.58. The molecule has 1 amide bonds. The topological polar surface area (TPSA) is 80.5 Å². The molecule has 1 fully saturated rings. The summed E-state index contributed by atoms with van der Waals surface area (Å²) >= 11 is 0. The number of hydrogen-bond donors (Lipinski definition) is 0. The number of halogens is 1. The smallest absolute Gasteiger partial charge is 0.302 e. The van der Waals surface area contributed by atoms with E-state index >= 15 is 0 Å². The zero-order chi connectivity index (χ0) is 12.5. The van der Waals surface area contributed by atoms with Crippen molar-refractivity contribution in [2.45, 2.75) is 13.0 Å². The van der Waals surface area contributed by atoms with Crippen molar-refractivity contribution in [1.82, 2.24) is 10.1 Å². The number of carbonyl (C=O) groups is 1. The van der Waals surface area contributed by atoms with Gasteiger partial charge < -0.3 is 9.42 Å². The fourth-order valence-corrected chi connectivity index (χ4v) is 2.70. The molecule has 0 spiro atoms. The minimum Gasteiger partial charge on any atom is -0.364 e. The number of amides is 1. The number of rotatable bonds is 4. The van der Waals surface area contributed by atoms with Crippen LogP contribution in [-0.2, 0) is 21.6 Å². The van der Waals surface area contributed by atoms with Crippen molar-refractivity contribution in [3.8, 4) is 0 Å². The highest BCUT2D eigenvalue weighted by Crippen LogP contribution is 2.21. The van der Waals surface area contributed by atoms with Crippen LogP contribution in [0.15, 0.2) is 16.9 Å². The Morgan fingerprint density at radius 1 is 1.59 bits per heavy atom. The van der Waals surface area contributed by atoms with Crippen LogP contribution in [-0.4, -0.2) is 36.7 Å². The second-order valence-corrected chi connectivity index (χ2v) is 5.45. The zero-order valence-electron chi connectivity index (χ0n) is 8.87. The zero-order valence-corrected chi connectivity index (χ0v) is 9.69. The summed E-state index contributed by atoms with van der Waals surface area (Å²) in [5.74, 6) is -1.28. The molecule has 1 saturated heterocycles. The summed E-state index contributed by atoms with van der Waals surface area (Å²) < 4.78 is 38.1. The lowest BCUT2D eigenvalue weighted by Crippen LogP contribution is -2.25. The molecule has 1 atom stereocenters. The lowest BCUT2D eigenvalue weighted by molar-refractivity contribution is -0.128. The SMILES string of the molecule is O=C1CC(CS(=O)(=O)F)CN1Cc1ccon1. The molecule has 1 aliphatic rings. The van der Waals surface area contributed by atoms with Gasteiger partial charge in [-0.3, -0.25) is 4.79 Å². The van der Waals surface area contributed by atoms with Crippen LogP contribution in [0.4, 0.5) is 3.89 Å². The van der Waals surface area contributed by atoms with E-state index in [1.54, 1.807) is 6.07 Å². The Morgan fingerprint density at radius 3 is 2.94 bits per heavy atom. The summed E-state index contributed by atoms with van der Waals surface area (Å²) in [5, 5.41) is 3.65. The third kappa shape index (κ3) is 3.26. The van der Waals surface area contributed by atoms with Crippen molar-refractivity contribution in [2.24, 2.45) is 5.92 Å². The molecular formula is C9H11FN2O4S. The van der Waals surface area contributed by atoms with Gasteiger partial charge in [-0.25, -0.2) is 0 Å². The van der Waals surface area contributed by atoms with E-state index in [0.717, 1.165) is 0 Å². The maximum absolute atomic E-state index is 12.5. The third-order valence-electron chi connectivity index (χ3n) is 2.57. The van der Waals surface area contributed by atoms with Gasteiger partial charge in [0.25, 0.3) is 0 Å². The molecule has 2 rings (SSSR count). The third-order valence-corrected chi connectivity index (χ3v) is 3.44. The van der Waals surface area contributed by atoms with Gasteiger partial charge in [-0.1, -0.05) is 5.16 Å². The van der Waals surface area contributed by atoms with Crippen molar-refractivity contribution in [2.75, 3.05) is 12.3 Å². The summed E-state index contributed by atoms with van der Waals surface area (Å²) in [4.78, 5) is 13.0. The molecule has 1 aliphatic heterocycles. The van der Waals surface area contributed by atoms with Gasteiger partial charge in [-0.05, 0) is 0 Å². The number of nitrogens with zero attached hydrogens (tertiary/aromatic N) is 2. The lowest BCUT2D eigenvalue weighted by atomic mass is 10.1. The quantitative estimate of drug-likeness (QED) is 0.730.